The third-order valence-corrected chi connectivity index (χ3v) is 3.73. The van der Waals surface area contributed by atoms with Gasteiger partial charge in [0.25, 0.3) is 0 Å². The van der Waals surface area contributed by atoms with Crippen molar-refractivity contribution in [2.45, 2.75) is 40.0 Å². The quantitative estimate of drug-likeness (QED) is 0.819. The number of anilines is 1. The molecular weight excluding hydrogens is 214 g/mol. The highest BCUT2D eigenvalue weighted by Gasteiger charge is 2.41. The molecule has 1 saturated carbocycles. The van der Waals surface area contributed by atoms with Crippen LogP contribution in [0.3, 0.4) is 0 Å². The van der Waals surface area contributed by atoms with Gasteiger partial charge in [0.2, 0.25) is 0 Å². The standard InChI is InChI=1S/C13H21N3O/c1-9-10(2)15-11(3)16-12(9)14-8-13(4-5-13)6-7-17/h17H,4-8H2,1-3H3,(H,14,15,16). The summed E-state index contributed by atoms with van der Waals surface area (Å²) in [4.78, 5) is 8.78. The number of aliphatic hydroxyl groups is 1. The molecule has 94 valence electrons. The number of aromatic nitrogens is 2. The molecule has 1 aromatic rings. The Kier molecular flexibility index (Phi) is 3.33. The number of hydrogen-bond acceptors (Lipinski definition) is 4. The number of rotatable bonds is 5. The second kappa shape index (κ2) is 4.61. The average molecular weight is 235 g/mol. The molecule has 2 rings (SSSR count). The van der Waals surface area contributed by atoms with E-state index < -0.39 is 0 Å². The van der Waals surface area contributed by atoms with Crippen LogP contribution in [0.4, 0.5) is 5.82 Å². The van der Waals surface area contributed by atoms with E-state index in [1.165, 1.54) is 12.8 Å². The predicted octanol–water partition coefficient (Wildman–Crippen LogP) is 1.98. The van der Waals surface area contributed by atoms with Crippen LogP contribution in [0.2, 0.25) is 0 Å². The molecule has 1 aliphatic carbocycles. The molecule has 0 atom stereocenters. The molecule has 0 aliphatic heterocycles. The van der Waals surface area contributed by atoms with E-state index in [0.717, 1.165) is 35.9 Å². The minimum absolute atomic E-state index is 0.280. The Hall–Kier alpha value is -1.16. The van der Waals surface area contributed by atoms with E-state index in [9.17, 15) is 0 Å². The highest BCUT2D eigenvalue weighted by Crippen LogP contribution is 2.48. The van der Waals surface area contributed by atoms with Crippen LogP contribution in [0.15, 0.2) is 0 Å². The predicted molar refractivity (Wildman–Crippen MR) is 68.1 cm³/mol. The van der Waals surface area contributed by atoms with E-state index in [1.807, 2.05) is 20.8 Å². The van der Waals surface area contributed by atoms with Crippen LogP contribution in [0.1, 0.15) is 36.3 Å². The Morgan fingerprint density at radius 3 is 2.53 bits per heavy atom. The van der Waals surface area contributed by atoms with Crippen molar-refractivity contribution in [3.63, 3.8) is 0 Å². The molecule has 17 heavy (non-hydrogen) atoms. The van der Waals surface area contributed by atoms with Crippen LogP contribution < -0.4 is 5.32 Å². The summed E-state index contributed by atoms with van der Waals surface area (Å²) in [6.07, 6.45) is 3.31. The lowest BCUT2D eigenvalue weighted by atomic mass is 10.0. The largest absolute Gasteiger partial charge is 0.396 e. The topological polar surface area (TPSA) is 58.0 Å². The molecule has 0 radical (unpaired) electrons. The zero-order valence-electron chi connectivity index (χ0n) is 10.9. The third-order valence-electron chi connectivity index (χ3n) is 3.73. The maximum Gasteiger partial charge on any atom is 0.132 e. The average Bonchev–Trinajstić information content (AvgIpc) is 3.02. The molecule has 4 heteroatoms. The van der Waals surface area contributed by atoms with E-state index in [1.54, 1.807) is 0 Å². The Morgan fingerprint density at radius 1 is 1.24 bits per heavy atom. The van der Waals surface area contributed by atoms with Crippen molar-refractivity contribution in [2.24, 2.45) is 5.41 Å². The van der Waals surface area contributed by atoms with Crippen molar-refractivity contribution in [1.29, 1.82) is 0 Å². The van der Waals surface area contributed by atoms with Crippen LogP contribution >= 0.6 is 0 Å². The maximum atomic E-state index is 9.03. The van der Waals surface area contributed by atoms with Gasteiger partial charge in [0.1, 0.15) is 11.6 Å². The van der Waals surface area contributed by atoms with Crippen molar-refractivity contribution >= 4 is 5.82 Å². The van der Waals surface area contributed by atoms with Crippen molar-refractivity contribution < 1.29 is 5.11 Å². The fourth-order valence-corrected chi connectivity index (χ4v) is 2.14. The molecule has 0 saturated heterocycles. The van der Waals surface area contributed by atoms with Crippen molar-refractivity contribution in [3.8, 4) is 0 Å². The fraction of sp³-hybridized carbons (Fsp3) is 0.692. The van der Waals surface area contributed by atoms with Crippen LogP contribution in [0, 0.1) is 26.2 Å². The normalized spacial score (nSPS) is 16.9. The summed E-state index contributed by atoms with van der Waals surface area (Å²) in [5.41, 5.74) is 2.47. The molecule has 0 unspecified atom stereocenters. The van der Waals surface area contributed by atoms with E-state index in [0.29, 0.717) is 5.41 Å². The molecule has 1 fully saturated rings. The van der Waals surface area contributed by atoms with Crippen molar-refractivity contribution in [1.82, 2.24) is 9.97 Å². The van der Waals surface area contributed by atoms with Crippen LogP contribution in [-0.4, -0.2) is 28.2 Å². The highest BCUT2D eigenvalue weighted by atomic mass is 16.3. The summed E-state index contributed by atoms with van der Waals surface area (Å²) >= 11 is 0. The van der Waals surface area contributed by atoms with Gasteiger partial charge in [0, 0.05) is 24.4 Å². The molecule has 4 nitrogen and oxygen atoms in total. The number of nitrogens with one attached hydrogen (secondary N) is 1. The van der Waals surface area contributed by atoms with Crippen molar-refractivity contribution in [2.75, 3.05) is 18.5 Å². The van der Waals surface area contributed by atoms with Gasteiger partial charge in [-0.2, -0.15) is 0 Å². The summed E-state index contributed by atoms with van der Waals surface area (Å²) in [5, 5.41) is 12.4. The van der Waals surface area contributed by atoms with Gasteiger partial charge in [-0.15, -0.1) is 0 Å². The van der Waals surface area contributed by atoms with Crippen LogP contribution in [-0.2, 0) is 0 Å². The van der Waals surface area contributed by atoms with Gasteiger partial charge >= 0.3 is 0 Å². The lowest BCUT2D eigenvalue weighted by Gasteiger charge is -2.17. The van der Waals surface area contributed by atoms with Gasteiger partial charge in [-0.25, -0.2) is 9.97 Å². The summed E-state index contributed by atoms with van der Waals surface area (Å²) in [6, 6.07) is 0. The molecule has 0 spiro atoms. The van der Waals surface area contributed by atoms with Gasteiger partial charge in [0.05, 0.1) is 0 Å². The Bertz CT molecular complexity index is 413. The third kappa shape index (κ3) is 2.75. The Morgan fingerprint density at radius 2 is 1.94 bits per heavy atom. The Labute approximate surface area is 102 Å². The SMILES string of the molecule is Cc1nc(C)c(C)c(NCC2(CCO)CC2)n1. The summed E-state index contributed by atoms with van der Waals surface area (Å²) in [6.45, 7) is 7.16. The summed E-state index contributed by atoms with van der Waals surface area (Å²) < 4.78 is 0. The van der Waals surface area contributed by atoms with E-state index in [2.05, 4.69) is 15.3 Å². The van der Waals surface area contributed by atoms with E-state index in [4.69, 9.17) is 5.11 Å². The molecule has 2 N–H and O–H groups in total. The first-order valence-electron chi connectivity index (χ1n) is 6.23. The zero-order valence-corrected chi connectivity index (χ0v) is 10.9. The Balaban J connectivity index is 2.04. The van der Waals surface area contributed by atoms with Gasteiger partial charge in [-0.3, -0.25) is 0 Å². The number of aryl methyl sites for hydroxylation is 2. The van der Waals surface area contributed by atoms with Gasteiger partial charge in [-0.1, -0.05) is 0 Å². The lowest BCUT2D eigenvalue weighted by molar-refractivity contribution is 0.253. The second-order valence-electron chi connectivity index (χ2n) is 5.16. The van der Waals surface area contributed by atoms with Crippen LogP contribution in [0.5, 0.6) is 0 Å². The van der Waals surface area contributed by atoms with Gasteiger partial charge in [0.15, 0.2) is 0 Å². The maximum absolute atomic E-state index is 9.03. The summed E-state index contributed by atoms with van der Waals surface area (Å²) in [5.74, 6) is 1.75. The number of hydrogen-bond donors (Lipinski definition) is 2. The lowest BCUT2D eigenvalue weighted by Crippen LogP contribution is -2.18. The van der Waals surface area contributed by atoms with Crippen LogP contribution in [0.25, 0.3) is 0 Å². The van der Waals surface area contributed by atoms with Crippen molar-refractivity contribution in [3.05, 3.63) is 17.1 Å². The molecule has 0 bridgehead atoms. The molecule has 0 aromatic carbocycles. The molecule has 1 aliphatic rings. The molecular formula is C13H21N3O. The molecule has 1 aromatic heterocycles. The minimum Gasteiger partial charge on any atom is -0.396 e. The summed E-state index contributed by atoms with van der Waals surface area (Å²) in [7, 11) is 0. The first-order valence-corrected chi connectivity index (χ1v) is 6.23. The van der Waals surface area contributed by atoms with E-state index >= 15 is 0 Å². The zero-order chi connectivity index (χ0) is 12.5. The second-order valence-corrected chi connectivity index (χ2v) is 5.16. The number of nitrogens with zero attached hydrogens (tertiary/aromatic N) is 2. The minimum atomic E-state index is 0.280. The molecule has 0 amide bonds. The first-order chi connectivity index (χ1) is 8.06. The smallest absolute Gasteiger partial charge is 0.132 e. The van der Waals surface area contributed by atoms with Gasteiger partial charge in [-0.05, 0) is 45.4 Å². The molecule has 1 heterocycles. The fourth-order valence-electron chi connectivity index (χ4n) is 2.14. The highest BCUT2D eigenvalue weighted by molar-refractivity contribution is 5.45. The van der Waals surface area contributed by atoms with E-state index in [-0.39, 0.29) is 6.61 Å². The first kappa shape index (κ1) is 12.3. The monoisotopic (exact) mass is 235 g/mol. The van der Waals surface area contributed by atoms with Gasteiger partial charge < -0.3 is 10.4 Å². The number of aliphatic hydroxyl groups excluding tert-OH is 1.